The van der Waals surface area contributed by atoms with Crippen LogP contribution in [0.15, 0.2) is 29.4 Å². The molecule has 2 nitrogen and oxygen atoms in total. The lowest BCUT2D eigenvalue weighted by Crippen LogP contribution is -1.89. The van der Waals surface area contributed by atoms with Gasteiger partial charge in [0.15, 0.2) is 0 Å². The van der Waals surface area contributed by atoms with Crippen molar-refractivity contribution in [2.75, 3.05) is 0 Å². The highest BCUT2D eigenvalue weighted by atomic mass is 19.1. The minimum Gasteiger partial charge on any atom is -0.323 e. The maximum Gasteiger partial charge on any atom is 0.132 e. The largest absolute Gasteiger partial charge is 0.323 e. The van der Waals surface area contributed by atoms with Crippen LogP contribution >= 0.6 is 0 Å². The van der Waals surface area contributed by atoms with Gasteiger partial charge in [0.1, 0.15) is 5.82 Å². The zero-order valence-electron chi connectivity index (χ0n) is 5.29. The molecule has 0 bridgehead atoms. The Balaban J connectivity index is 3.03. The van der Waals surface area contributed by atoms with Crippen LogP contribution in [-0.2, 0) is 0 Å². The molecular weight excluding hydrogens is 131 g/mol. The van der Waals surface area contributed by atoms with Crippen molar-refractivity contribution in [1.82, 2.24) is 0 Å². The van der Waals surface area contributed by atoms with Crippen molar-refractivity contribution in [3.05, 3.63) is 35.6 Å². The zero-order chi connectivity index (χ0) is 7.40. The van der Waals surface area contributed by atoms with E-state index in [1.807, 2.05) is 0 Å². The first kappa shape index (κ1) is 6.74. The summed E-state index contributed by atoms with van der Waals surface area (Å²) in [6.45, 7) is 0. The normalized spacial score (nSPS) is 10.5. The highest BCUT2D eigenvalue weighted by molar-refractivity contribution is 5.79. The summed E-state index contributed by atoms with van der Waals surface area (Å²) in [7, 11) is 0. The van der Waals surface area contributed by atoms with E-state index in [2.05, 4.69) is 5.10 Å². The van der Waals surface area contributed by atoms with Crippen LogP contribution in [0.3, 0.4) is 0 Å². The molecule has 0 aliphatic heterocycles. The topological polar surface area (TPSA) is 38.4 Å². The molecule has 0 unspecified atom stereocenters. The molecule has 0 aliphatic rings. The van der Waals surface area contributed by atoms with Crippen LogP contribution in [0, 0.1) is 5.82 Å². The van der Waals surface area contributed by atoms with Gasteiger partial charge >= 0.3 is 0 Å². The summed E-state index contributed by atoms with van der Waals surface area (Å²) in [5, 5.41) is 3.20. The van der Waals surface area contributed by atoms with Gasteiger partial charge < -0.3 is 5.84 Å². The number of hydrogen-bond donors (Lipinski definition) is 1. The predicted octanol–water partition coefficient (Wildman–Crippen LogP) is 1.12. The Morgan fingerprint density at radius 1 is 1.40 bits per heavy atom. The first-order valence-corrected chi connectivity index (χ1v) is 2.82. The summed E-state index contributed by atoms with van der Waals surface area (Å²) in [6.07, 6.45) is 1.27. The van der Waals surface area contributed by atoms with Gasteiger partial charge in [-0.05, 0) is 6.07 Å². The second kappa shape index (κ2) is 2.96. The van der Waals surface area contributed by atoms with E-state index in [9.17, 15) is 4.39 Å². The third-order valence-corrected chi connectivity index (χ3v) is 1.12. The van der Waals surface area contributed by atoms with Crippen LogP contribution in [-0.4, -0.2) is 6.21 Å². The summed E-state index contributed by atoms with van der Waals surface area (Å²) in [4.78, 5) is 0. The maximum absolute atomic E-state index is 12.6. The molecule has 0 saturated heterocycles. The highest BCUT2D eigenvalue weighted by Crippen LogP contribution is 2.01. The van der Waals surface area contributed by atoms with Crippen molar-refractivity contribution in [2.24, 2.45) is 10.9 Å². The molecular formula is C7H7FN2. The van der Waals surface area contributed by atoms with Crippen molar-refractivity contribution in [2.45, 2.75) is 0 Å². The van der Waals surface area contributed by atoms with Gasteiger partial charge in [-0.2, -0.15) is 5.10 Å². The van der Waals surface area contributed by atoms with Crippen molar-refractivity contribution < 1.29 is 4.39 Å². The van der Waals surface area contributed by atoms with E-state index in [1.54, 1.807) is 18.2 Å². The summed E-state index contributed by atoms with van der Waals surface area (Å²) in [5.41, 5.74) is 0.407. The number of nitrogens with zero attached hydrogens (tertiary/aromatic N) is 1. The maximum atomic E-state index is 12.6. The standard InChI is InChI=1S/C7H7FN2/c8-7-4-2-1-3-6(7)5-10-9/h1-5H,9H2/b10-5+. The lowest BCUT2D eigenvalue weighted by molar-refractivity contribution is 0.626. The summed E-state index contributed by atoms with van der Waals surface area (Å²) >= 11 is 0. The molecule has 1 aromatic carbocycles. The van der Waals surface area contributed by atoms with E-state index in [1.165, 1.54) is 12.3 Å². The Morgan fingerprint density at radius 2 is 2.10 bits per heavy atom. The second-order valence-electron chi connectivity index (χ2n) is 1.80. The average molecular weight is 138 g/mol. The van der Waals surface area contributed by atoms with Gasteiger partial charge in [-0.15, -0.1) is 0 Å². The molecule has 0 aliphatic carbocycles. The minimum atomic E-state index is -0.309. The Kier molecular flexibility index (Phi) is 1.99. The number of hydrazone groups is 1. The van der Waals surface area contributed by atoms with Gasteiger partial charge in [0.05, 0.1) is 6.21 Å². The fourth-order valence-corrected chi connectivity index (χ4v) is 0.660. The molecule has 52 valence electrons. The van der Waals surface area contributed by atoms with Crippen LogP contribution in [0.4, 0.5) is 4.39 Å². The molecule has 1 rings (SSSR count). The highest BCUT2D eigenvalue weighted by Gasteiger charge is 1.93. The number of hydrogen-bond acceptors (Lipinski definition) is 2. The lowest BCUT2D eigenvalue weighted by atomic mass is 10.2. The molecule has 0 radical (unpaired) electrons. The molecule has 0 aromatic heterocycles. The summed E-state index contributed by atoms with van der Waals surface area (Å²) in [6, 6.07) is 6.30. The van der Waals surface area contributed by atoms with Gasteiger partial charge in [0, 0.05) is 5.56 Å². The predicted molar refractivity (Wildman–Crippen MR) is 38.2 cm³/mol. The second-order valence-corrected chi connectivity index (χ2v) is 1.80. The SMILES string of the molecule is N/N=C/c1ccccc1F. The fourth-order valence-electron chi connectivity index (χ4n) is 0.660. The van der Waals surface area contributed by atoms with Crippen LogP contribution in [0.1, 0.15) is 5.56 Å². The van der Waals surface area contributed by atoms with Gasteiger partial charge in [-0.25, -0.2) is 4.39 Å². The number of benzene rings is 1. The molecule has 2 N–H and O–H groups in total. The summed E-state index contributed by atoms with van der Waals surface area (Å²) in [5.74, 6) is 4.52. The Labute approximate surface area is 58.2 Å². The van der Waals surface area contributed by atoms with E-state index >= 15 is 0 Å². The van der Waals surface area contributed by atoms with Crippen LogP contribution < -0.4 is 5.84 Å². The molecule has 0 saturated carbocycles. The quantitative estimate of drug-likeness (QED) is 0.352. The fraction of sp³-hybridized carbons (Fsp3) is 0. The minimum absolute atomic E-state index is 0.309. The monoisotopic (exact) mass is 138 g/mol. The van der Waals surface area contributed by atoms with E-state index in [-0.39, 0.29) is 5.82 Å². The Morgan fingerprint density at radius 3 is 2.70 bits per heavy atom. The first-order chi connectivity index (χ1) is 4.84. The number of halogens is 1. The molecule has 0 spiro atoms. The molecule has 3 heteroatoms. The Bertz CT molecular complexity index is 245. The van der Waals surface area contributed by atoms with E-state index in [0.717, 1.165) is 0 Å². The van der Waals surface area contributed by atoms with E-state index in [0.29, 0.717) is 5.56 Å². The molecule has 10 heavy (non-hydrogen) atoms. The summed E-state index contributed by atoms with van der Waals surface area (Å²) < 4.78 is 12.6. The third kappa shape index (κ3) is 1.31. The molecule has 0 atom stereocenters. The Hall–Kier alpha value is -1.38. The van der Waals surface area contributed by atoms with Gasteiger partial charge in [-0.3, -0.25) is 0 Å². The zero-order valence-corrected chi connectivity index (χ0v) is 5.29. The van der Waals surface area contributed by atoms with E-state index < -0.39 is 0 Å². The van der Waals surface area contributed by atoms with Crippen molar-refractivity contribution in [1.29, 1.82) is 0 Å². The number of nitrogens with two attached hydrogens (primary N) is 1. The molecule has 0 fully saturated rings. The lowest BCUT2D eigenvalue weighted by Gasteiger charge is -1.91. The number of rotatable bonds is 1. The molecule has 0 heterocycles. The van der Waals surface area contributed by atoms with Crippen molar-refractivity contribution in [3.8, 4) is 0 Å². The van der Waals surface area contributed by atoms with Crippen LogP contribution in [0.2, 0.25) is 0 Å². The van der Waals surface area contributed by atoms with Crippen LogP contribution in [0.25, 0.3) is 0 Å². The molecule has 1 aromatic rings. The van der Waals surface area contributed by atoms with Crippen molar-refractivity contribution in [3.63, 3.8) is 0 Å². The van der Waals surface area contributed by atoms with Gasteiger partial charge in [0.2, 0.25) is 0 Å². The first-order valence-electron chi connectivity index (χ1n) is 2.82. The third-order valence-electron chi connectivity index (χ3n) is 1.12. The average Bonchev–Trinajstić information content (AvgIpc) is 1.94. The smallest absolute Gasteiger partial charge is 0.132 e. The van der Waals surface area contributed by atoms with Crippen LogP contribution in [0.5, 0.6) is 0 Å². The van der Waals surface area contributed by atoms with Gasteiger partial charge in [-0.1, -0.05) is 18.2 Å². The van der Waals surface area contributed by atoms with E-state index in [4.69, 9.17) is 5.84 Å². The van der Waals surface area contributed by atoms with Crippen molar-refractivity contribution >= 4 is 6.21 Å². The molecule has 0 amide bonds. The van der Waals surface area contributed by atoms with Gasteiger partial charge in [0.25, 0.3) is 0 Å².